The van der Waals surface area contributed by atoms with Crippen molar-refractivity contribution >= 4 is 12.1 Å². The van der Waals surface area contributed by atoms with Crippen LogP contribution in [0, 0.1) is 17.3 Å². The predicted octanol–water partition coefficient (Wildman–Crippen LogP) is 5.85. The van der Waals surface area contributed by atoms with E-state index in [0.29, 0.717) is 17.9 Å². The molecule has 1 amide bonds. The van der Waals surface area contributed by atoms with E-state index in [1.54, 1.807) is 5.57 Å². The van der Waals surface area contributed by atoms with Gasteiger partial charge in [-0.2, -0.15) is 0 Å². The third-order valence-corrected chi connectivity index (χ3v) is 7.64. The van der Waals surface area contributed by atoms with E-state index in [1.807, 2.05) is 6.92 Å². The zero-order valence-electron chi connectivity index (χ0n) is 17.0. The molecule has 0 heterocycles. The minimum Gasteiger partial charge on any atom is -0.492 e. The number of benzene rings is 1. The Morgan fingerprint density at radius 3 is 2.81 bits per heavy atom. The highest BCUT2D eigenvalue weighted by atomic mass is 16.5. The molecule has 1 N–H and O–H groups in total. The molecule has 4 unspecified atom stereocenters. The van der Waals surface area contributed by atoms with Gasteiger partial charge in [0.25, 0.3) is 0 Å². The van der Waals surface area contributed by atoms with E-state index in [2.05, 4.69) is 37.4 Å². The van der Waals surface area contributed by atoms with Gasteiger partial charge in [-0.15, -0.1) is 0 Å². The standard InChI is InChI=1S/C24H33NO2/c1-4-6-17-8-10-21-19-9-7-16-13-22(25-15-26)23(27-5-2)14-20(16)18(19)11-12-24(17,21)3/h6,13-15,18-19,21H,4-5,7-12H2,1-3H3,(H,25,26)/b17-6-. The van der Waals surface area contributed by atoms with Gasteiger partial charge in [-0.3, -0.25) is 4.79 Å². The molecule has 146 valence electrons. The minimum absolute atomic E-state index is 0.427. The van der Waals surface area contributed by atoms with Gasteiger partial charge >= 0.3 is 0 Å². The Morgan fingerprint density at radius 2 is 2.07 bits per heavy atom. The molecule has 0 bridgehead atoms. The molecule has 3 aliphatic carbocycles. The van der Waals surface area contributed by atoms with Gasteiger partial charge in [0.05, 0.1) is 12.3 Å². The molecule has 0 spiro atoms. The van der Waals surface area contributed by atoms with Crippen molar-refractivity contribution in [1.29, 1.82) is 0 Å². The molecule has 0 aromatic heterocycles. The highest BCUT2D eigenvalue weighted by Crippen LogP contribution is 2.63. The summed E-state index contributed by atoms with van der Waals surface area (Å²) in [6.07, 6.45) is 12.1. The average Bonchev–Trinajstić information content (AvgIpc) is 2.99. The first-order valence-corrected chi connectivity index (χ1v) is 10.8. The summed E-state index contributed by atoms with van der Waals surface area (Å²) < 4.78 is 5.86. The number of allylic oxidation sites excluding steroid dienone is 2. The molecule has 3 nitrogen and oxygen atoms in total. The molecule has 4 atom stereocenters. The lowest BCUT2D eigenvalue weighted by Gasteiger charge is -2.49. The Morgan fingerprint density at radius 1 is 1.22 bits per heavy atom. The van der Waals surface area contributed by atoms with Crippen molar-refractivity contribution in [2.45, 2.75) is 71.6 Å². The van der Waals surface area contributed by atoms with Crippen LogP contribution in [0.2, 0.25) is 0 Å². The van der Waals surface area contributed by atoms with E-state index in [9.17, 15) is 4.79 Å². The number of amides is 1. The highest BCUT2D eigenvalue weighted by molar-refractivity contribution is 5.76. The number of carbonyl (C=O) groups excluding carboxylic acids is 1. The van der Waals surface area contributed by atoms with Gasteiger partial charge in [-0.05, 0) is 98.3 Å². The van der Waals surface area contributed by atoms with Crippen LogP contribution in [0.5, 0.6) is 5.75 Å². The third-order valence-electron chi connectivity index (χ3n) is 7.64. The van der Waals surface area contributed by atoms with E-state index in [1.165, 1.54) is 49.7 Å². The zero-order chi connectivity index (χ0) is 19.0. The predicted molar refractivity (Wildman–Crippen MR) is 110 cm³/mol. The summed E-state index contributed by atoms with van der Waals surface area (Å²) >= 11 is 0. The van der Waals surface area contributed by atoms with Crippen LogP contribution in [0.25, 0.3) is 0 Å². The summed E-state index contributed by atoms with van der Waals surface area (Å²) in [6, 6.07) is 4.40. The first-order valence-electron chi connectivity index (χ1n) is 10.8. The van der Waals surface area contributed by atoms with Crippen LogP contribution >= 0.6 is 0 Å². The number of hydrogen-bond donors (Lipinski definition) is 1. The quantitative estimate of drug-likeness (QED) is 0.524. The second-order valence-corrected chi connectivity index (χ2v) is 8.79. The molecule has 4 rings (SSSR count). The summed E-state index contributed by atoms with van der Waals surface area (Å²) in [5.74, 6) is 3.09. The van der Waals surface area contributed by atoms with Gasteiger partial charge < -0.3 is 10.1 Å². The van der Waals surface area contributed by atoms with Crippen LogP contribution in [0.1, 0.15) is 76.3 Å². The van der Waals surface area contributed by atoms with Gasteiger partial charge in [0.1, 0.15) is 5.75 Å². The number of fused-ring (bicyclic) bond motifs is 5. The Balaban J connectivity index is 1.68. The van der Waals surface area contributed by atoms with Crippen LogP contribution in [0.3, 0.4) is 0 Å². The SMILES string of the molecule is CC/C=C1/CCC2C3CCc4cc(NC=O)c(OCC)cc4C3CCC12C. The molecule has 2 fully saturated rings. The molecule has 1 aromatic rings. The van der Waals surface area contributed by atoms with Crippen LogP contribution in [-0.4, -0.2) is 13.0 Å². The van der Waals surface area contributed by atoms with Gasteiger partial charge in [-0.1, -0.05) is 25.5 Å². The lowest BCUT2D eigenvalue weighted by Crippen LogP contribution is -2.40. The molecular formula is C24H33NO2. The van der Waals surface area contributed by atoms with E-state index < -0.39 is 0 Å². The maximum absolute atomic E-state index is 11.0. The third kappa shape index (κ3) is 2.99. The number of carbonyl (C=O) groups is 1. The number of hydrogen-bond acceptors (Lipinski definition) is 2. The van der Waals surface area contributed by atoms with Crippen molar-refractivity contribution in [1.82, 2.24) is 0 Å². The van der Waals surface area contributed by atoms with Crippen molar-refractivity contribution in [3.8, 4) is 5.75 Å². The smallest absolute Gasteiger partial charge is 0.211 e. The van der Waals surface area contributed by atoms with Gasteiger partial charge in [-0.25, -0.2) is 0 Å². The molecule has 3 heteroatoms. The molecule has 27 heavy (non-hydrogen) atoms. The molecule has 1 aromatic carbocycles. The molecule has 0 aliphatic heterocycles. The first kappa shape index (κ1) is 18.6. The summed E-state index contributed by atoms with van der Waals surface area (Å²) in [5, 5.41) is 2.83. The monoisotopic (exact) mass is 367 g/mol. The lowest BCUT2D eigenvalue weighted by molar-refractivity contribution is -0.105. The molecule has 3 aliphatic rings. The largest absolute Gasteiger partial charge is 0.492 e. The number of rotatable bonds is 5. The summed E-state index contributed by atoms with van der Waals surface area (Å²) in [5.41, 5.74) is 5.88. The number of aryl methyl sites for hydroxylation is 1. The summed E-state index contributed by atoms with van der Waals surface area (Å²) in [6.45, 7) is 7.43. The number of anilines is 1. The summed E-state index contributed by atoms with van der Waals surface area (Å²) in [7, 11) is 0. The van der Waals surface area contributed by atoms with Crippen molar-refractivity contribution in [3.63, 3.8) is 0 Å². The van der Waals surface area contributed by atoms with Gasteiger partial charge in [0, 0.05) is 0 Å². The Labute approximate surface area is 163 Å². The van der Waals surface area contributed by atoms with E-state index in [0.717, 1.165) is 36.1 Å². The Kier molecular flexibility index (Phi) is 5.05. The fourth-order valence-corrected chi connectivity index (χ4v) is 6.48. The highest BCUT2D eigenvalue weighted by Gasteiger charge is 2.52. The van der Waals surface area contributed by atoms with Gasteiger partial charge in [0.15, 0.2) is 0 Å². The minimum atomic E-state index is 0.427. The van der Waals surface area contributed by atoms with Crippen LogP contribution in [0.4, 0.5) is 5.69 Å². The second kappa shape index (κ2) is 7.33. The second-order valence-electron chi connectivity index (χ2n) is 8.79. The molecule has 0 radical (unpaired) electrons. The van der Waals surface area contributed by atoms with Crippen LogP contribution in [-0.2, 0) is 11.2 Å². The Bertz CT molecular complexity index is 753. The molecule has 2 saturated carbocycles. The number of nitrogens with one attached hydrogen (secondary N) is 1. The van der Waals surface area contributed by atoms with E-state index in [4.69, 9.17) is 4.74 Å². The zero-order valence-corrected chi connectivity index (χ0v) is 17.0. The van der Waals surface area contributed by atoms with Gasteiger partial charge in [0.2, 0.25) is 6.41 Å². The van der Waals surface area contributed by atoms with Crippen LogP contribution in [0.15, 0.2) is 23.8 Å². The number of ether oxygens (including phenoxy) is 1. The van der Waals surface area contributed by atoms with Crippen molar-refractivity contribution in [3.05, 3.63) is 34.9 Å². The topological polar surface area (TPSA) is 38.3 Å². The van der Waals surface area contributed by atoms with Crippen molar-refractivity contribution in [2.75, 3.05) is 11.9 Å². The van der Waals surface area contributed by atoms with Crippen molar-refractivity contribution < 1.29 is 9.53 Å². The van der Waals surface area contributed by atoms with E-state index in [-0.39, 0.29) is 0 Å². The van der Waals surface area contributed by atoms with E-state index >= 15 is 0 Å². The first-order chi connectivity index (χ1) is 13.1. The fraction of sp³-hybridized carbons (Fsp3) is 0.625. The Hall–Kier alpha value is -1.77. The normalized spacial score (nSPS) is 33.1. The maximum Gasteiger partial charge on any atom is 0.211 e. The maximum atomic E-state index is 11.0. The van der Waals surface area contributed by atoms with Crippen LogP contribution < -0.4 is 10.1 Å². The summed E-state index contributed by atoms with van der Waals surface area (Å²) in [4.78, 5) is 11.0. The van der Waals surface area contributed by atoms with Crippen molar-refractivity contribution in [2.24, 2.45) is 17.3 Å². The molecular weight excluding hydrogens is 334 g/mol. The lowest BCUT2D eigenvalue weighted by atomic mass is 9.55. The average molecular weight is 368 g/mol. The fourth-order valence-electron chi connectivity index (χ4n) is 6.48. The molecule has 0 saturated heterocycles.